The van der Waals surface area contributed by atoms with E-state index < -0.39 is 71.8 Å². The lowest BCUT2D eigenvalue weighted by Gasteiger charge is -2.28. The summed E-state index contributed by atoms with van der Waals surface area (Å²) >= 11 is 10.1. The zero-order chi connectivity index (χ0) is 78.1. The van der Waals surface area contributed by atoms with Gasteiger partial charge in [-0.25, -0.2) is 28.3 Å². The van der Waals surface area contributed by atoms with E-state index in [2.05, 4.69) is 57.8 Å². The molecule has 2 aromatic heterocycles. The van der Waals surface area contributed by atoms with Crippen molar-refractivity contribution in [2.24, 2.45) is 10.7 Å². The number of aromatic nitrogens is 4. The standard InChI is InChI=1S/C48H65ClFN11O10S.C14H19N3O5S.C9H17NO3/c1-48(2,3)71-47(67)53-15-7-6-8-35(54-40(64)10-5-4-9-39-43-37(29-72-39)56-46(66)58-43)45(65)52-18-20-68-22-23-69-21-19-61-25-32(59-60-61)27-70-28-36-41(38(63)26-62)42(33-12-11-31(50)24-34(33)49)57-44(55-36)30-13-16-51-17-14-30;18-10-5-6-11(19)17(10)22-12(20)4-2-1-3-9-13-8(7-23-9)15-14(21)16-13;1-7(11)5-3-2-4-6-8(10)9(12)13/h11-14,16-17,24-25,35,37,39,42-43,62H,4-10,15,18-23,26-29H2,1-3H3,(H,52,65)(H,53,67)(H,54,64)(H,55,57)(H2,56,58,66);8-9,13H,1-7H2,(H2,15,16,21);8H,2-6,10H2,1H3,(H,12,13)/t35-,37-,39-,42?,43-;8-,9-,13-;8-/m000/s1. The molecule has 594 valence electrons. The van der Waals surface area contributed by atoms with Crippen molar-refractivity contribution in [1.29, 1.82) is 0 Å². The summed E-state index contributed by atoms with van der Waals surface area (Å²) in [5, 5.41) is 51.4. The highest BCUT2D eigenvalue weighted by molar-refractivity contribution is 8.00. The van der Waals surface area contributed by atoms with Gasteiger partial charge in [0, 0.05) is 101 Å². The van der Waals surface area contributed by atoms with Crippen LogP contribution in [0, 0.1) is 5.82 Å². The van der Waals surface area contributed by atoms with Gasteiger partial charge in [0.1, 0.15) is 53.5 Å². The number of nitrogens with one attached hydrogen (secondary N) is 8. The van der Waals surface area contributed by atoms with E-state index in [1.807, 2.05) is 23.5 Å². The van der Waals surface area contributed by atoms with Crippen molar-refractivity contribution in [3.05, 3.63) is 87.9 Å². The number of nitrogens with two attached hydrogens (primary N) is 1. The number of halogens is 2. The molecule has 3 aromatic rings. The minimum atomic E-state index is -0.962. The van der Waals surface area contributed by atoms with Crippen LogP contribution in [0.15, 0.2) is 65.2 Å². The molecule has 5 saturated heterocycles. The number of carbonyl (C=O) groups excluding carboxylic acids is 10. The molecule has 5 fully saturated rings. The Kier molecular flexibility index (Phi) is 36.1. The first kappa shape index (κ1) is 86.8. The topological polar surface area (TPSA) is 456 Å². The molecule has 9 atom stereocenters. The van der Waals surface area contributed by atoms with Crippen LogP contribution in [0.4, 0.5) is 18.8 Å². The number of pyridine rings is 1. The maximum atomic E-state index is 14.0. The molecule has 37 heteroatoms. The van der Waals surface area contributed by atoms with Crippen LogP contribution in [0.3, 0.4) is 0 Å². The molecule has 1 aromatic carbocycles. The molecule has 12 N–H and O–H groups in total. The summed E-state index contributed by atoms with van der Waals surface area (Å²) in [6, 6.07) is 5.22. The first-order valence-electron chi connectivity index (χ1n) is 36.4. The Morgan fingerprint density at radius 1 is 0.759 bits per heavy atom. The molecule has 0 spiro atoms. The maximum absolute atomic E-state index is 14.0. The molecule has 9 rings (SSSR count). The van der Waals surface area contributed by atoms with Gasteiger partial charge in [0.2, 0.25) is 11.8 Å². The fourth-order valence-corrected chi connectivity index (χ4v) is 15.6. The number of aliphatic carboxylic acids is 1. The summed E-state index contributed by atoms with van der Waals surface area (Å²) in [5.74, 6) is -1.75. The minimum Gasteiger partial charge on any atom is -0.480 e. The number of aliphatic hydroxyl groups excluding tert-OH is 1. The highest BCUT2D eigenvalue weighted by Crippen LogP contribution is 2.38. The van der Waals surface area contributed by atoms with Crippen molar-refractivity contribution in [3.8, 4) is 0 Å². The predicted octanol–water partition coefficient (Wildman–Crippen LogP) is 4.90. The van der Waals surface area contributed by atoms with Crippen molar-refractivity contribution in [1.82, 2.24) is 67.6 Å². The smallest absolute Gasteiger partial charge is 0.407 e. The summed E-state index contributed by atoms with van der Waals surface area (Å²) in [5.41, 5.74) is 6.70. The predicted molar refractivity (Wildman–Crippen MR) is 396 cm³/mol. The monoisotopic (exact) mass is 1570 g/mol. The Bertz CT molecular complexity index is 3600. The molecule has 8 heterocycles. The van der Waals surface area contributed by atoms with Gasteiger partial charge < -0.3 is 87.1 Å². The fraction of sp³-hybridized carbons (Fsp3) is 0.620. The van der Waals surface area contributed by atoms with Gasteiger partial charge in [-0.3, -0.25) is 38.7 Å². The Balaban J connectivity index is 0.000000365. The third-order valence-electron chi connectivity index (χ3n) is 17.7. The zero-order valence-electron chi connectivity index (χ0n) is 61.3. The first-order chi connectivity index (χ1) is 51.7. The van der Waals surface area contributed by atoms with Crippen molar-refractivity contribution in [2.75, 3.05) is 64.2 Å². The number of ether oxygens (including phenoxy) is 4. The van der Waals surface area contributed by atoms with Gasteiger partial charge >= 0.3 is 30.1 Å². The quantitative estimate of drug-likeness (QED) is 0.0204. The lowest BCUT2D eigenvalue weighted by molar-refractivity contribution is -0.197. The maximum Gasteiger partial charge on any atom is 0.407 e. The Morgan fingerprint density at radius 2 is 1.40 bits per heavy atom. The average molecular weight is 1570 g/mol. The number of carbonyl (C=O) groups is 11. The molecule has 6 aliphatic rings. The number of ketones is 2. The summed E-state index contributed by atoms with van der Waals surface area (Å²) in [4.78, 5) is 143. The van der Waals surface area contributed by atoms with Crippen LogP contribution >= 0.6 is 35.1 Å². The van der Waals surface area contributed by atoms with Crippen LogP contribution in [-0.2, 0) is 75.3 Å². The van der Waals surface area contributed by atoms with Crippen molar-refractivity contribution >= 4 is 106 Å². The molecule has 0 saturated carbocycles. The van der Waals surface area contributed by atoms with Gasteiger partial charge in [-0.05, 0) is 110 Å². The Morgan fingerprint density at radius 3 is 2.03 bits per heavy atom. The molecule has 1 unspecified atom stereocenters. The third-order valence-corrected chi connectivity index (χ3v) is 21.0. The number of hydrogen-bond acceptors (Lipinski definition) is 25. The van der Waals surface area contributed by atoms with E-state index in [4.69, 9.17) is 51.2 Å². The fourth-order valence-electron chi connectivity index (χ4n) is 12.2. The normalized spacial score (nSPS) is 20.4. The van der Waals surface area contributed by atoms with Crippen LogP contribution in [0.1, 0.15) is 166 Å². The number of thioether (sulfide) groups is 2. The van der Waals surface area contributed by atoms with E-state index in [9.17, 15) is 62.2 Å². The Labute approximate surface area is 639 Å². The lowest BCUT2D eigenvalue weighted by atomic mass is 9.92. The summed E-state index contributed by atoms with van der Waals surface area (Å²) < 4.78 is 38.3. The van der Waals surface area contributed by atoms with Crippen LogP contribution < -0.4 is 48.3 Å². The minimum absolute atomic E-state index is 0.0314. The second-order valence-electron chi connectivity index (χ2n) is 27.4. The number of aliphatic imine (C=N–C) groups is 1. The summed E-state index contributed by atoms with van der Waals surface area (Å²) in [6.07, 6.45) is 14.8. The average Bonchev–Trinajstić information content (AvgIpc) is 1.18. The Hall–Kier alpha value is -8.39. The first-order valence-corrected chi connectivity index (χ1v) is 38.9. The second kappa shape index (κ2) is 44.9. The van der Waals surface area contributed by atoms with Crippen LogP contribution in [0.2, 0.25) is 5.02 Å². The number of hydroxylamine groups is 2. The third kappa shape index (κ3) is 29.5. The number of Topliss-reactive ketones (excluding diaryl/α,β-unsaturated/α-hetero) is 2. The van der Waals surface area contributed by atoms with Gasteiger partial charge in [-0.2, -0.15) is 23.5 Å². The van der Waals surface area contributed by atoms with Gasteiger partial charge in [0.05, 0.1) is 82.2 Å². The molecule has 0 aliphatic carbocycles. The molecule has 9 amide bonds. The number of amides is 9. The van der Waals surface area contributed by atoms with Gasteiger partial charge in [0.15, 0.2) is 5.78 Å². The molecule has 0 bridgehead atoms. The van der Waals surface area contributed by atoms with E-state index in [1.165, 1.54) is 12.1 Å². The SMILES string of the molecule is CC(=O)CCCCC[C@H](N)C(=O)O.CC(C)(C)OC(=O)NCCCC[C@H](NC(=O)CCCC[C@@H]1SC[C@@H]2NC(=O)N[C@@H]21)C(=O)NCCOCCOCCn1cc(COCC2=C(C(=O)CO)C(c3ccc(F)cc3Cl)N=C(c3ccncc3)N2)nn1.O=C1N[C@H]2[C@H](CS[C@H]2CCCCC(=O)ON2C(=O)CCC2=O)N1. The van der Waals surface area contributed by atoms with Crippen molar-refractivity contribution < 1.29 is 91.1 Å². The number of benzene rings is 1. The molecule has 33 nitrogen and oxygen atoms in total. The number of nitrogens with zero attached hydrogens (tertiary/aromatic N) is 6. The number of unbranched alkanes of at least 4 members (excludes halogenated alkanes) is 5. The number of rotatable bonds is 42. The van der Waals surface area contributed by atoms with Gasteiger partial charge in [-0.1, -0.05) is 48.6 Å². The van der Waals surface area contributed by atoms with E-state index in [0.717, 1.165) is 62.5 Å². The largest absolute Gasteiger partial charge is 0.480 e. The molecular weight excluding hydrogens is 1470 g/mol. The highest BCUT2D eigenvalue weighted by Gasteiger charge is 2.44. The van der Waals surface area contributed by atoms with Gasteiger partial charge in [-0.15, -0.1) is 10.2 Å². The number of amidine groups is 1. The van der Waals surface area contributed by atoms with Crippen LogP contribution in [-0.4, -0.2) is 223 Å². The number of imide groups is 1. The van der Waals surface area contributed by atoms with E-state index in [-0.39, 0.29) is 130 Å². The van der Waals surface area contributed by atoms with E-state index in [0.29, 0.717) is 109 Å². The summed E-state index contributed by atoms with van der Waals surface area (Å²) in [6.45, 7) is 8.10. The molecule has 0 radical (unpaired) electrons. The van der Waals surface area contributed by atoms with Gasteiger partial charge in [0.25, 0.3) is 11.8 Å². The van der Waals surface area contributed by atoms with E-state index in [1.54, 1.807) is 63.1 Å². The number of urea groups is 2. The number of carboxylic acid groups (broad SMARTS) is 1. The van der Waals surface area contributed by atoms with Crippen LogP contribution in [0.5, 0.6) is 0 Å². The second-order valence-corrected chi connectivity index (χ2v) is 30.4. The number of fused-ring (bicyclic) bond motifs is 2. The molecular formula is C71H101ClFN15O18S2. The number of alkyl carbamates (subject to hydrolysis) is 1. The zero-order valence-corrected chi connectivity index (χ0v) is 63.7. The summed E-state index contributed by atoms with van der Waals surface area (Å²) in [7, 11) is 0. The highest BCUT2D eigenvalue weighted by atomic mass is 35.5. The van der Waals surface area contributed by atoms with E-state index >= 15 is 0 Å². The number of aliphatic hydroxyl groups is 1. The lowest BCUT2D eigenvalue weighted by Crippen LogP contribution is -2.47. The number of hydrogen-bond donors (Lipinski definition) is 11. The molecule has 6 aliphatic heterocycles. The van der Waals surface area contributed by atoms with Crippen LogP contribution in [0.25, 0.3) is 0 Å². The van der Waals surface area contributed by atoms with Crippen molar-refractivity contribution in [2.45, 2.75) is 215 Å². The number of carboxylic acids is 1. The van der Waals surface area contributed by atoms with Crippen molar-refractivity contribution in [3.63, 3.8) is 0 Å². The molecule has 108 heavy (non-hydrogen) atoms.